The van der Waals surface area contributed by atoms with Crippen LogP contribution in [-0.2, 0) is 14.4 Å². The number of hydrogen-bond acceptors (Lipinski definition) is 8. The first-order valence-corrected chi connectivity index (χ1v) is 18.4. The molecule has 2 heterocycles. The third-order valence-corrected chi connectivity index (χ3v) is 11.0. The van der Waals surface area contributed by atoms with E-state index < -0.39 is 35.6 Å². The predicted octanol–water partition coefficient (Wildman–Crippen LogP) is 2.71. The highest BCUT2D eigenvalue weighted by molar-refractivity contribution is 5.97. The fourth-order valence-corrected chi connectivity index (χ4v) is 8.13. The van der Waals surface area contributed by atoms with Crippen LogP contribution >= 0.6 is 0 Å². The summed E-state index contributed by atoms with van der Waals surface area (Å²) in [7, 11) is 0. The molecule has 4 amide bonds. The maximum Gasteiger partial charge on any atom is 0.272 e. The SMILES string of the molecule is CCCC(NCC1C2CCCC2CN1C(=O)C(NC(=O)C(NC(=O)c1cnccn1)C1CCCCC1)C(C)(C)C)C(O)C(=O)NC1CC1. The number of aliphatic hydroxyl groups is 1. The van der Waals surface area contributed by atoms with Crippen molar-refractivity contribution in [3.8, 4) is 0 Å². The maximum atomic E-state index is 14.6. The summed E-state index contributed by atoms with van der Waals surface area (Å²) in [5.74, 6) is -0.619. The molecule has 0 bridgehead atoms. The summed E-state index contributed by atoms with van der Waals surface area (Å²) in [4.78, 5) is 64.8. The molecule has 0 aromatic carbocycles. The van der Waals surface area contributed by atoms with E-state index in [9.17, 15) is 24.3 Å². The van der Waals surface area contributed by atoms with Gasteiger partial charge in [0.1, 0.15) is 23.9 Å². The summed E-state index contributed by atoms with van der Waals surface area (Å²) in [6.07, 6.45) is 14.4. The van der Waals surface area contributed by atoms with Crippen molar-refractivity contribution >= 4 is 23.6 Å². The Bertz CT molecular complexity index is 1260. The van der Waals surface area contributed by atoms with Crippen LogP contribution in [0.25, 0.3) is 0 Å². The molecule has 1 aromatic heterocycles. The topological polar surface area (TPSA) is 166 Å². The fourth-order valence-electron chi connectivity index (χ4n) is 8.13. The summed E-state index contributed by atoms with van der Waals surface area (Å²) in [5.41, 5.74) is -0.457. The molecular formula is C36H57N7O5. The molecule has 0 radical (unpaired) electrons. The van der Waals surface area contributed by atoms with Gasteiger partial charge in [-0.05, 0) is 68.1 Å². The molecule has 1 aromatic rings. The molecule has 1 aliphatic heterocycles. The van der Waals surface area contributed by atoms with E-state index in [1.807, 2.05) is 32.6 Å². The Morgan fingerprint density at radius 1 is 0.958 bits per heavy atom. The number of likely N-dealkylation sites (tertiary alicyclic amines) is 1. The number of carbonyl (C=O) groups is 4. The Morgan fingerprint density at radius 3 is 2.35 bits per heavy atom. The number of rotatable bonds is 14. The molecule has 7 unspecified atom stereocenters. The predicted molar refractivity (Wildman–Crippen MR) is 181 cm³/mol. The molecule has 3 saturated carbocycles. The largest absolute Gasteiger partial charge is 0.382 e. The van der Waals surface area contributed by atoms with Gasteiger partial charge in [-0.2, -0.15) is 0 Å². The van der Waals surface area contributed by atoms with Gasteiger partial charge in [-0.25, -0.2) is 4.98 Å². The standard InChI is InChI=1S/C36H57N7O5/c1-5-10-26(30(44)34(47)40-24-15-16-24)39-20-28-25-14-9-13-23(25)21-43(28)35(48)31(36(2,3)4)42-33(46)29(22-11-7-6-8-12-22)41-32(45)27-19-37-17-18-38-27/h17-19,22-26,28-31,39,44H,5-16,20-21H2,1-4H3,(H,40,47)(H,41,45)(H,42,46). The Balaban J connectivity index is 1.32. The average molecular weight is 668 g/mol. The Hall–Kier alpha value is -3.12. The summed E-state index contributed by atoms with van der Waals surface area (Å²) in [6.45, 7) is 9.00. The lowest BCUT2D eigenvalue weighted by atomic mass is 9.82. The first kappa shape index (κ1) is 36.2. The van der Waals surface area contributed by atoms with Crippen molar-refractivity contribution in [2.24, 2.45) is 23.2 Å². The van der Waals surface area contributed by atoms with Gasteiger partial charge in [-0.1, -0.05) is 59.8 Å². The van der Waals surface area contributed by atoms with Crippen LogP contribution in [0.4, 0.5) is 0 Å². The molecule has 1 saturated heterocycles. The Labute approximate surface area is 285 Å². The number of amides is 4. The maximum absolute atomic E-state index is 14.6. The highest BCUT2D eigenvalue weighted by atomic mass is 16.3. The monoisotopic (exact) mass is 667 g/mol. The van der Waals surface area contributed by atoms with Crippen LogP contribution in [0.3, 0.4) is 0 Å². The number of fused-ring (bicyclic) bond motifs is 1. The van der Waals surface area contributed by atoms with E-state index in [0.29, 0.717) is 31.3 Å². The van der Waals surface area contributed by atoms with Gasteiger partial charge in [0, 0.05) is 43.6 Å². The van der Waals surface area contributed by atoms with Crippen LogP contribution in [0.1, 0.15) is 115 Å². The first-order valence-electron chi connectivity index (χ1n) is 18.4. The van der Waals surface area contributed by atoms with E-state index in [1.165, 1.54) is 18.6 Å². The summed E-state index contributed by atoms with van der Waals surface area (Å²) >= 11 is 0. The minimum Gasteiger partial charge on any atom is -0.382 e. The first-order chi connectivity index (χ1) is 23.0. The highest BCUT2D eigenvalue weighted by Crippen LogP contribution is 2.43. The zero-order valence-electron chi connectivity index (χ0n) is 29.2. The minimum absolute atomic E-state index is 0.0442. The van der Waals surface area contributed by atoms with E-state index in [4.69, 9.17) is 0 Å². The van der Waals surface area contributed by atoms with Crippen molar-refractivity contribution in [1.82, 2.24) is 36.1 Å². The van der Waals surface area contributed by atoms with Gasteiger partial charge in [0.2, 0.25) is 11.8 Å². The number of aliphatic hydroxyl groups excluding tert-OH is 1. The van der Waals surface area contributed by atoms with E-state index in [-0.39, 0.29) is 41.4 Å². The molecule has 266 valence electrons. The lowest BCUT2D eigenvalue weighted by Crippen LogP contribution is -2.61. The number of nitrogens with one attached hydrogen (secondary N) is 4. The zero-order chi connectivity index (χ0) is 34.4. The number of hydrogen-bond donors (Lipinski definition) is 5. The molecule has 5 N–H and O–H groups in total. The molecule has 5 rings (SSSR count). The summed E-state index contributed by atoms with van der Waals surface area (Å²) in [6, 6.07) is -1.98. The minimum atomic E-state index is -1.16. The van der Waals surface area contributed by atoms with Crippen LogP contribution < -0.4 is 21.3 Å². The van der Waals surface area contributed by atoms with Gasteiger partial charge in [-0.15, -0.1) is 0 Å². The van der Waals surface area contributed by atoms with Crippen molar-refractivity contribution in [3.63, 3.8) is 0 Å². The van der Waals surface area contributed by atoms with Crippen LogP contribution in [0.2, 0.25) is 0 Å². The molecule has 48 heavy (non-hydrogen) atoms. The quantitative estimate of drug-likeness (QED) is 0.202. The average Bonchev–Trinajstić information content (AvgIpc) is 3.65. The van der Waals surface area contributed by atoms with Crippen molar-refractivity contribution in [2.75, 3.05) is 13.1 Å². The third-order valence-electron chi connectivity index (χ3n) is 11.0. The van der Waals surface area contributed by atoms with Gasteiger partial charge >= 0.3 is 0 Å². The molecule has 4 fully saturated rings. The summed E-state index contributed by atoms with van der Waals surface area (Å²) < 4.78 is 0. The zero-order valence-corrected chi connectivity index (χ0v) is 29.2. The van der Waals surface area contributed by atoms with Crippen LogP contribution in [0.15, 0.2) is 18.6 Å². The lowest BCUT2D eigenvalue weighted by molar-refractivity contribution is -0.141. The number of carbonyl (C=O) groups excluding carboxylic acids is 4. The van der Waals surface area contributed by atoms with E-state index in [0.717, 1.165) is 70.6 Å². The van der Waals surface area contributed by atoms with E-state index in [2.05, 4.69) is 31.2 Å². The van der Waals surface area contributed by atoms with Crippen molar-refractivity contribution in [1.29, 1.82) is 0 Å². The van der Waals surface area contributed by atoms with Crippen molar-refractivity contribution < 1.29 is 24.3 Å². The second kappa shape index (κ2) is 16.1. The van der Waals surface area contributed by atoms with Gasteiger partial charge in [0.25, 0.3) is 11.8 Å². The molecular weight excluding hydrogens is 610 g/mol. The molecule has 3 aliphatic carbocycles. The second-order valence-electron chi connectivity index (χ2n) is 15.7. The van der Waals surface area contributed by atoms with Crippen molar-refractivity contribution in [2.45, 2.75) is 141 Å². The Morgan fingerprint density at radius 2 is 1.71 bits per heavy atom. The number of aromatic nitrogens is 2. The highest BCUT2D eigenvalue weighted by Gasteiger charge is 2.49. The van der Waals surface area contributed by atoms with Crippen molar-refractivity contribution in [3.05, 3.63) is 24.3 Å². The van der Waals surface area contributed by atoms with Gasteiger partial charge in [0.05, 0.1) is 6.20 Å². The molecule has 4 aliphatic rings. The molecule has 12 nitrogen and oxygen atoms in total. The van der Waals surface area contributed by atoms with Gasteiger partial charge in [0.15, 0.2) is 0 Å². The smallest absolute Gasteiger partial charge is 0.272 e. The fraction of sp³-hybridized carbons (Fsp3) is 0.778. The van der Waals surface area contributed by atoms with E-state index in [1.54, 1.807) is 0 Å². The lowest BCUT2D eigenvalue weighted by Gasteiger charge is -2.39. The van der Waals surface area contributed by atoms with Crippen LogP contribution in [0.5, 0.6) is 0 Å². The van der Waals surface area contributed by atoms with E-state index >= 15 is 0 Å². The molecule has 12 heteroatoms. The Kier molecular flexibility index (Phi) is 12.1. The van der Waals surface area contributed by atoms with Crippen LogP contribution in [-0.4, -0.2) is 93.0 Å². The molecule has 7 atom stereocenters. The van der Waals surface area contributed by atoms with Crippen LogP contribution in [0, 0.1) is 23.2 Å². The third kappa shape index (κ3) is 8.91. The van der Waals surface area contributed by atoms with Gasteiger partial charge < -0.3 is 31.3 Å². The second-order valence-corrected chi connectivity index (χ2v) is 15.7. The number of nitrogens with zero attached hydrogens (tertiary/aromatic N) is 3. The molecule has 0 spiro atoms. The summed E-state index contributed by atoms with van der Waals surface area (Å²) in [5, 5.41) is 23.5. The van der Waals surface area contributed by atoms with Gasteiger partial charge in [-0.3, -0.25) is 24.2 Å². The normalized spacial score (nSPS) is 25.4.